The molecule has 2 rings (SSSR count). The Morgan fingerprint density at radius 3 is 3.07 bits per heavy atom. The van der Waals surface area contributed by atoms with Crippen LogP contribution in [0.4, 0.5) is 0 Å². The molecule has 1 N–H and O–H groups in total. The van der Waals surface area contributed by atoms with Gasteiger partial charge in [-0.2, -0.15) is 0 Å². The maximum Gasteiger partial charge on any atom is 0.177 e. The number of rotatable bonds is 2. The number of aliphatic hydroxyl groups excluding tert-OH is 1. The fourth-order valence-electron chi connectivity index (χ4n) is 1.82. The Balaban J connectivity index is 2.26. The predicted octanol–water partition coefficient (Wildman–Crippen LogP) is 1.25. The Morgan fingerprint density at radius 1 is 1.53 bits per heavy atom. The van der Waals surface area contributed by atoms with E-state index in [0.717, 1.165) is 16.9 Å². The molecule has 1 heterocycles. The van der Waals surface area contributed by atoms with Crippen LogP contribution in [0.3, 0.4) is 0 Å². The third kappa shape index (κ3) is 2.02. The molecule has 15 heavy (non-hydrogen) atoms. The summed E-state index contributed by atoms with van der Waals surface area (Å²) in [7, 11) is 0. The average molecular weight is 206 g/mol. The zero-order valence-electron chi connectivity index (χ0n) is 8.69. The lowest BCUT2D eigenvalue weighted by molar-refractivity contribution is -0.127. The van der Waals surface area contributed by atoms with Crippen molar-refractivity contribution in [2.75, 3.05) is 6.61 Å². The van der Waals surface area contributed by atoms with Gasteiger partial charge in [-0.25, -0.2) is 0 Å². The number of benzene rings is 1. The van der Waals surface area contributed by atoms with E-state index in [1.54, 1.807) is 0 Å². The first-order valence-corrected chi connectivity index (χ1v) is 5.10. The van der Waals surface area contributed by atoms with E-state index in [1.807, 2.05) is 25.1 Å². The number of aliphatic hydroxyl groups is 1. The van der Waals surface area contributed by atoms with Crippen molar-refractivity contribution < 1.29 is 14.6 Å². The van der Waals surface area contributed by atoms with Gasteiger partial charge in [0.2, 0.25) is 0 Å². The van der Waals surface area contributed by atoms with E-state index in [1.165, 1.54) is 0 Å². The zero-order chi connectivity index (χ0) is 10.8. The molecule has 3 nitrogen and oxygen atoms in total. The minimum atomic E-state index is -0.467. The number of carbonyl (C=O) groups is 1. The minimum Gasteiger partial charge on any atom is -0.482 e. The summed E-state index contributed by atoms with van der Waals surface area (Å²) >= 11 is 0. The summed E-state index contributed by atoms with van der Waals surface area (Å²) in [6.45, 7) is 1.97. The van der Waals surface area contributed by atoms with E-state index in [4.69, 9.17) is 9.84 Å². The summed E-state index contributed by atoms with van der Waals surface area (Å²) in [6.07, 6.45) is 0.332. The van der Waals surface area contributed by atoms with Crippen LogP contribution in [-0.2, 0) is 11.2 Å². The van der Waals surface area contributed by atoms with Crippen molar-refractivity contribution in [2.45, 2.75) is 25.9 Å². The van der Waals surface area contributed by atoms with Crippen LogP contribution >= 0.6 is 0 Å². The van der Waals surface area contributed by atoms with Gasteiger partial charge in [-0.3, -0.25) is 4.79 Å². The first-order valence-electron chi connectivity index (χ1n) is 5.10. The Labute approximate surface area is 88.7 Å². The quantitative estimate of drug-likeness (QED) is 0.792. The highest BCUT2D eigenvalue weighted by Gasteiger charge is 2.26. The third-order valence-electron chi connectivity index (χ3n) is 2.60. The number of hydrogen-bond acceptors (Lipinski definition) is 3. The van der Waals surface area contributed by atoms with Crippen LogP contribution < -0.4 is 4.74 Å². The van der Waals surface area contributed by atoms with Crippen LogP contribution in [0.15, 0.2) is 18.2 Å². The maximum atomic E-state index is 11.6. The molecule has 0 bridgehead atoms. The van der Waals surface area contributed by atoms with E-state index in [2.05, 4.69) is 0 Å². The highest BCUT2D eigenvalue weighted by molar-refractivity contribution is 5.87. The van der Waals surface area contributed by atoms with E-state index < -0.39 is 6.10 Å². The molecule has 1 aliphatic heterocycles. The maximum absolute atomic E-state index is 11.6. The molecule has 0 saturated heterocycles. The molecule has 0 aliphatic carbocycles. The van der Waals surface area contributed by atoms with Crippen molar-refractivity contribution >= 4 is 5.78 Å². The van der Waals surface area contributed by atoms with Crippen molar-refractivity contribution in [3.05, 3.63) is 29.3 Å². The molecule has 1 aromatic carbocycles. The van der Waals surface area contributed by atoms with Gasteiger partial charge in [0.05, 0.1) is 0 Å². The minimum absolute atomic E-state index is 0.0163. The molecule has 1 aliphatic rings. The van der Waals surface area contributed by atoms with E-state index in [0.29, 0.717) is 12.8 Å². The Kier molecular flexibility index (Phi) is 2.73. The molecule has 3 heteroatoms. The van der Waals surface area contributed by atoms with Crippen LogP contribution in [0.1, 0.15) is 17.5 Å². The average Bonchev–Trinajstić information content (AvgIpc) is 2.20. The van der Waals surface area contributed by atoms with Gasteiger partial charge in [0.15, 0.2) is 11.9 Å². The Bertz CT molecular complexity index is 384. The van der Waals surface area contributed by atoms with Gasteiger partial charge in [-0.15, -0.1) is 0 Å². The summed E-state index contributed by atoms with van der Waals surface area (Å²) in [4.78, 5) is 11.6. The van der Waals surface area contributed by atoms with Crippen molar-refractivity contribution in [2.24, 2.45) is 0 Å². The molecule has 0 aromatic heterocycles. The van der Waals surface area contributed by atoms with Crippen LogP contribution in [-0.4, -0.2) is 23.6 Å². The number of carbonyl (C=O) groups excluding carboxylic acids is 1. The second-order valence-corrected chi connectivity index (χ2v) is 3.87. The van der Waals surface area contributed by atoms with Gasteiger partial charge in [-0.05, 0) is 13.0 Å². The first-order chi connectivity index (χ1) is 7.20. The SMILES string of the molecule is Cc1ccc2c(c1)CC(=O)[C@H](CCO)O2. The lowest BCUT2D eigenvalue weighted by Gasteiger charge is -2.24. The second kappa shape index (κ2) is 4.03. The van der Waals surface area contributed by atoms with Gasteiger partial charge in [-0.1, -0.05) is 17.7 Å². The third-order valence-corrected chi connectivity index (χ3v) is 2.60. The lowest BCUT2D eigenvalue weighted by atomic mass is 9.98. The van der Waals surface area contributed by atoms with Gasteiger partial charge in [0.25, 0.3) is 0 Å². The van der Waals surface area contributed by atoms with E-state index >= 15 is 0 Å². The van der Waals surface area contributed by atoms with Crippen LogP contribution in [0, 0.1) is 6.92 Å². The highest BCUT2D eigenvalue weighted by Crippen LogP contribution is 2.27. The Hall–Kier alpha value is -1.35. The molecule has 0 spiro atoms. The largest absolute Gasteiger partial charge is 0.482 e. The molecule has 0 unspecified atom stereocenters. The number of ketones is 1. The van der Waals surface area contributed by atoms with Gasteiger partial charge >= 0.3 is 0 Å². The molecule has 0 fully saturated rings. The molecular weight excluding hydrogens is 192 g/mol. The number of Topliss-reactive ketones (excluding diaryl/α,β-unsaturated/α-hetero) is 1. The van der Waals surface area contributed by atoms with E-state index in [9.17, 15) is 4.79 Å². The van der Waals surface area contributed by atoms with Crippen LogP contribution in [0.2, 0.25) is 0 Å². The monoisotopic (exact) mass is 206 g/mol. The van der Waals surface area contributed by atoms with Gasteiger partial charge in [0, 0.05) is 25.0 Å². The van der Waals surface area contributed by atoms with Gasteiger partial charge in [0.1, 0.15) is 5.75 Å². The summed E-state index contributed by atoms with van der Waals surface area (Å²) in [6, 6.07) is 5.83. The molecule has 0 amide bonds. The van der Waals surface area contributed by atoms with Gasteiger partial charge < -0.3 is 9.84 Å². The first kappa shape index (κ1) is 10.2. The molecule has 0 saturated carbocycles. The number of fused-ring (bicyclic) bond motifs is 1. The fraction of sp³-hybridized carbons (Fsp3) is 0.417. The van der Waals surface area contributed by atoms with Crippen molar-refractivity contribution in [1.82, 2.24) is 0 Å². The van der Waals surface area contributed by atoms with Crippen LogP contribution in [0.5, 0.6) is 5.75 Å². The van der Waals surface area contributed by atoms with Crippen molar-refractivity contribution in [3.63, 3.8) is 0 Å². The summed E-state index contributed by atoms with van der Waals surface area (Å²) in [5, 5.41) is 8.80. The summed E-state index contributed by atoms with van der Waals surface area (Å²) < 4.78 is 5.53. The molecular formula is C12H14O3. The fourth-order valence-corrected chi connectivity index (χ4v) is 1.82. The number of hydrogen-bond donors (Lipinski definition) is 1. The normalized spacial score (nSPS) is 19.6. The summed E-state index contributed by atoms with van der Waals surface area (Å²) in [5.74, 6) is 0.834. The van der Waals surface area contributed by atoms with Crippen LogP contribution in [0.25, 0.3) is 0 Å². The molecule has 1 atom stereocenters. The van der Waals surface area contributed by atoms with Crippen molar-refractivity contribution in [1.29, 1.82) is 0 Å². The molecule has 80 valence electrons. The predicted molar refractivity (Wildman–Crippen MR) is 56.0 cm³/mol. The second-order valence-electron chi connectivity index (χ2n) is 3.87. The highest BCUT2D eigenvalue weighted by atomic mass is 16.5. The van der Waals surface area contributed by atoms with E-state index in [-0.39, 0.29) is 12.4 Å². The Morgan fingerprint density at radius 2 is 2.33 bits per heavy atom. The smallest absolute Gasteiger partial charge is 0.177 e. The van der Waals surface area contributed by atoms with Crippen molar-refractivity contribution in [3.8, 4) is 5.75 Å². The standard InChI is InChI=1S/C12H14O3/c1-8-2-3-11-9(6-8)7-10(14)12(15-11)4-5-13/h2-3,6,12-13H,4-5,7H2,1H3/t12-/m0/s1. The lowest BCUT2D eigenvalue weighted by Crippen LogP contribution is -2.33. The molecule has 1 aromatic rings. The summed E-state index contributed by atoms with van der Waals surface area (Å²) in [5.41, 5.74) is 2.08. The molecule has 0 radical (unpaired) electrons. The topological polar surface area (TPSA) is 46.5 Å². The number of ether oxygens (including phenoxy) is 1. The zero-order valence-corrected chi connectivity index (χ0v) is 8.69. The number of aryl methyl sites for hydroxylation is 1.